The fourth-order valence-electron chi connectivity index (χ4n) is 2.12. The molecule has 4 heteroatoms. The predicted octanol–water partition coefficient (Wildman–Crippen LogP) is 4.02. The lowest BCUT2D eigenvalue weighted by molar-refractivity contribution is 0.414. The van der Waals surface area contributed by atoms with Crippen LogP contribution in [-0.4, -0.2) is 11.7 Å². The maximum Gasteiger partial charge on any atom is 0.269 e. The van der Waals surface area contributed by atoms with Gasteiger partial charge in [-0.05, 0) is 42.0 Å². The topological polar surface area (TPSA) is 27.3 Å². The van der Waals surface area contributed by atoms with E-state index in [9.17, 15) is 0 Å². The first kappa shape index (κ1) is 12.0. The van der Waals surface area contributed by atoms with E-state index in [1.54, 1.807) is 7.11 Å². The molecule has 0 aliphatic carbocycles. The van der Waals surface area contributed by atoms with Gasteiger partial charge in [0, 0.05) is 0 Å². The zero-order valence-corrected chi connectivity index (χ0v) is 11.3. The van der Waals surface area contributed by atoms with Gasteiger partial charge < -0.3 is 9.15 Å². The summed E-state index contributed by atoms with van der Waals surface area (Å²) in [6, 6.07) is 15.8. The van der Waals surface area contributed by atoms with Gasteiger partial charge in [-0.3, -0.25) is 4.57 Å². The van der Waals surface area contributed by atoms with E-state index in [2.05, 4.69) is 0 Å². The Morgan fingerprint density at radius 3 is 2.84 bits per heavy atom. The van der Waals surface area contributed by atoms with E-state index < -0.39 is 0 Å². The van der Waals surface area contributed by atoms with Crippen molar-refractivity contribution in [2.45, 2.75) is 6.54 Å². The summed E-state index contributed by atoms with van der Waals surface area (Å²) >= 11 is 5.28. The number of oxazole rings is 1. The Morgan fingerprint density at radius 1 is 1.16 bits per heavy atom. The summed E-state index contributed by atoms with van der Waals surface area (Å²) in [5.41, 5.74) is 2.95. The number of methoxy groups -OCH3 is 1. The standard InChI is InChI=1S/C15H13NO2S/c1-17-12-6-4-5-11(9-12)10-16-13-7-2-3-8-14(13)18-15(16)19/h2-9H,10H2,1H3. The molecule has 0 amide bonds. The Kier molecular flexibility index (Phi) is 3.09. The second-order valence-electron chi connectivity index (χ2n) is 4.27. The van der Waals surface area contributed by atoms with Gasteiger partial charge in [0.15, 0.2) is 5.58 Å². The second kappa shape index (κ2) is 4.90. The molecule has 1 aromatic heterocycles. The van der Waals surface area contributed by atoms with Crippen molar-refractivity contribution in [1.82, 2.24) is 4.57 Å². The molecule has 0 unspecified atom stereocenters. The average Bonchev–Trinajstić information content (AvgIpc) is 2.76. The monoisotopic (exact) mass is 271 g/mol. The van der Waals surface area contributed by atoms with Crippen LogP contribution in [0.25, 0.3) is 11.1 Å². The van der Waals surface area contributed by atoms with Gasteiger partial charge in [0.05, 0.1) is 19.2 Å². The van der Waals surface area contributed by atoms with E-state index in [1.165, 1.54) is 0 Å². The van der Waals surface area contributed by atoms with Crippen LogP contribution in [0.15, 0.2) is 52.9 Å². The van der Waals surface area contributed by atoms with Gasteiger partial charge in [0.25, 0.3) is 4.84 Å². The van der Waals surface area contributed by atoms with Gasteiger partial charge in [0.1, 0.15) is 5.75 Å². The number of rotatable bonds is 3. The summed E-state index contributed by atoms with van der Waals surface area (Å²) in [4.78, 5) is 0.490. The summed E-state index contributed by atoms with van der Waals surface area (Å²) in [5, 5.41) is 0. The van der Waals surface area contributed by atoms with Gasteiger partial charge in [-0.1, -0.05) is 24.3 Å². The highest BCUT2D eigenvalue weighted by Crippen LogP contribution is 2.20. The molecule has 0 aliphatic rings. The molecule has 0 atom stereocenters. The molecule has 2 aromatic carbocycles. The Labute approximate surface area is 116 Å². The molecule has 0 saturated carbocycles. The van der Waals surface area contributed by atoms with Crippen LogP contribution in [0.5, 0.6) is 5.75 Å². The van der Waals surface area contributed by atoms with Crippen molar-refractivity contribution in [3.05, 3.63) is 58.9 Å². The highest BCUT2D eigenvalue weighted by atomic mass is 32.1. The molecule has 0 spiro atoms. The van der Waals surface area contributed by atoms with Crippen molar-refractivity contribution >= 4 is 23.3 Å². The molecule has 96 valence electrons. The van der Waals surface area contributed by atoms with Gasteiger partial charge in [-0.25, -0.2) is 0 Å². The molecule has 19 heavy (non-hydrogen) atoms. The van der Waals surface area contributed by atoms with Crippen LogP contribution in [0, 0.1) is 4.84 Å². The van der Waals surface area contributed by atoms with E-state index in [0.29, 0.717) is 11.4 Å². The largest absolute Gasteiger partial charge is 0.497 e. The number of hydrogen-bond acceptors (Lipinski definition) is 3. The summed E-state index contributed by atoms with van der Waals surface area (Å²) in [5.74, 6) is 0.844. The minimum Gasteiger partial charge on any atom is -0.497 e. The quantitative estimate of drug-likeness (QED) is 0.673. The van der Waals surface area contributed by atoms with E-state index in [0.717, 1.165) is 22.4 Å². The van der Waals surface area contributed by atoms with Crippen LogP contribution in [0.3, 0.4) is 0 Å². The lowest BCUT2D eigenvalue weighted by atomic mass is 10.2. The minimum atomic E-state index is 0.490. The fraction of sp³-hybridized carbons (Fsp3) is 0.133. The van der Waals surface area contributed by atoms with Crippen molar-refractivity contribution in [2.24, 2.45) is 0 Å². The first-order chi connectivity index (χ1) is 9.28. The molecular formula is C15H13NO2S. The van der Waals surface area contributed by atoms with Crippen LogP contribution >= 0.6 is 12.2 Å². The highest BCUT2D eigenvalue weighted by Gasteiger charge is 2.06. The van der Waals surface area contributed by atoms with E-state index >= 15 is 0 Å². The summed E-state index contributed by atoms with van der Waals surface area (Å²) < 4.78 is 12.8. The molecule has 0 radical (unpaired) electrons. The number of hydrogen-bond donors (Lipinski definition) is 0. The number of fused-ring (bicyclic) bond motifs is 1. The average molecular weight is 271 g/mol. The lowest BCUT2D eigenvalue weighted by Gasteiger charge is -2.05. The Hall–Kier alpha value is -2.07. The van der Waals surface area contributed by atoms with Gasteiger partial charge in [-0.2, -0.15) is 0 Å². The predicted molar refractivity (Wildman–Crippen MR) is 77.1 cm³/mol. The van der Waals surface area contributed by atoms with E-state index in [1.807, 2.05) is 53.1 Å². The molecule has 3 aromatic rings. The zero-order chi connectivity index (χ0) is 13.2. The number of benzene rings is 2. The maximum absolute atomic E-state index is 5.57. The Morgan fingerprint density at radius 2 is 2.00 bits per heavy atom. The van der Waals surface area contributed by atoms with E-state index in [-0.39, 0.29) is 0 Å². The molecule has 0 bridgehead atoms. The SMILES string of the molecule is COc1cccc(Cn2c(=S)oc3ccccc32)c1. The number of aromatic nitrogens is 1. The van der Waals surface area contributed by atoms with Gasteiger partial charge in [-0.15, -0.1) is 0 Å². The third-order valence-electron chi connectivity index (χ3n) is 3.05. The van der Waals surface area contributed by atoms with Crippen molar-refractivity contribution in [3.63, 3.8) is 0 Å². The molecular weight excluding hydrogens is 258 g/mol. The van der Waals surface area contributed by atoms with Gasteiger partial charge in [0.2, 0.25) is 0 Å². The summed E-state index contributed by atoms with van der Waals surface area (Å²) in [7, 11) is 1.66. The Bertz CT molecular complexity index is 773. The molecule has 0 N–H and O–H groups in total. The molecule has 3 nitrogen and oxygen atoms in total. The number of nitrogens with zero attached hydrogens (tertiary/aromatic N) is 1. The molecule has 0 aliphatic heterocycles. The van der Waals surface area contributed by atoms with Crippen LogP contribution in [-0.2, 0) is 6.54 Å². The van der Waals surface area contributed by atoms with Crippen LogP contribution in [0.1, 0.15) is 5.56 Å². The zero-order valence-electron chi connectivity index (χ0n) is 10.5. The third kappa shape index (κ3) is 2.27. The molecule has 0 fully saturated rings. The smallest absolute Gasteiger partial charge is 0.269 e. The first-order valence-corrected chi connectivity index (χ1v) is 6.40. The van der Waals surface area contributed by atoms with E-state index in [4.69, 9.17) is 21.4 Å². The van der Waals surface area contributed by atoms with Crippen molar-refractivity contribution in [3.8, 4) is 5.75 Å². The highest BCUT2D eigenvalue weighted by molar-refractivity contribution is 7.71. The third-order valence-corrected chi connectivity index (χ3v) is 3.35. The molecule has 3 rings (SSSR count). The second-order valence-corrected chi connectivity index (χ2v) is 4.62. The number of para-hydroxylation sites is 2. The van der Waals surface area contributed by atoms with Crippen molar-refractivity contribution in [1.29, 1.82) is 0 Å². The van der Waals surface area contributed by atoms with Gasteiger partial charge >= 0.3 is 0 Å². The summed E-state index contributed by atoms with van der Waals surface area (Å²) in [6.45, 7) is 0.674. The fourth-order valence-corrected chi connectivity index (χ4v) is 2.37. The van der Waals surface area contributed by atoms with Crippen LogP contribution < -0.4 is 4.74 Å². The maximum atomic E-state index is 5.57. The van der Waals surface area contributed by atoms with Crippen molar-refractivity contribution in [2.75, 3.05) is 7.11 Å². The Balaban J connectivity index is 2.05. The summed E-state index contributed by atoms with van der Waals surface area (Å²) in [6.07, 6.45) is 0. The molecule has 0 saturated heterocycles. The first-order valence-electron chi connectivity index (χ1n) is 5.99. The van der Waals surface area contributed by atoms with Crippen LogP contribution in [0.2, 0.25) is 0 Å². The molecule has 1 heterocycles. The van der Waals surface area contributed by atoms with Crippen LogP contribution in [0.4, 0.5) is 0 Å². The minimum absolute atomic E-state index is 0.490. The van der Waals surface area contributed by atoms with Crippen molar-refractivity contribution < 1.29 is 9.15 Å². The normalized spacial score (nSPS) is 10.8. The number of ether oxygens (including phenoxy) is 1. The lowest BCUT2D eigenvalue weighted by Crippen LogP contribution is -1.99.